The Morgan fingerprint density at radius 3 is 2.38 bits per heavy atom. The molecule has 2 aromatic rings. The predicted octanol–water partition coefficient (Wildman–Crippen LogP) is 3.25. The Morgan fingerprint density at radius 2 is 1.71 bits per heavy atom. The predicted molar refractivity (Wildman–Crippen MR) is 93.6 cm³/mol. The summed E-state index contributed by atoms with van der Waals surface area (Å²) >= 11 is 3.31. The van der Waals surface area contributed by atoms with Crippen molar-refractivity contribution in [3.05, 3.63) is 64.6 Å². The normalized spacial score (nSPS) is 11.4. The molecule has 0 aliphatic rings. The fraction of sp³-hybridized carbons (Fsp3) is 0.222. The first kappa shape index (κ1) is 18.0. The zero-order chi connectivity index (χ0) is 17.4. The first-order valence-electron chi connectivity index (χ1n) is 7.43. The van der Waals surface area contributed by atoms with Gasteiger partial charge in [0.15, 0.2) is 13.2 Å². The van der Waals surface area contributed by atoms with E-state index >= 15 is 0 Å². The number of ether oxygens (including phenoxy) is 2. The summed E-state index contributed by atoms with van der Waals surface area (Å²) in [6.07, 6.45) is 0. The molecule has 0 radical (unpaired) electrons. The molecule has 2 aromatic carbocycles. The molecule has 2 rings (SSSR count). The van der Waals surface area contributed by atoms with E-state index in [4.69, 9.17) is 9.47 Å². The first-order chi connectivity index (χ1) is 11.5. The third kappa shape index (κ3) is 6.04. The van der Waals surface area contributed by atoms with Gasteiger partial charge in [0, 0.05) is 4.47 Å². The molecule has 1 amide bonds. The molecule has 0 aromatic heterocycles. The highest BCUT2D eigenvalue weighted by molar-refractivity contribution is 9.10. The van der Waals surface area contributed by atoms with Gasteiger partial charge in [-0.3, -0.25) is 4.79 Å². The van der Waals surface area contributed by atoms with Gasteiger partial charge >= 0.3 is 5.97 Å². The van der Waals surface area contributed by atoms with E-state index in [-0.39, 0.29) is 25.2 Å². The molecule has 0 saturated carbocycles. The van der Waals surface area contributed by atoms with E-state index in [2.05, 4.69) is 21.2 Å². The van der Waals surface area contributed by atoms with Crippen LogP contribution in [-0.2, 0) is 14.3 Å². The molecule has 0 bridgehead atoms. The molecule has 5 nitrogen and oxygen atoms in total. The molecule has 24 heavy (non-hydrogen) atoms. The van der Waals surface area contributed by atoms with Gasteiger partial charge in [-0.1, -0.05) is 46.3 Å². The SMILES string of the molecule is C[C@H](NC(=O)COC(=O)COc1ccc(Br)cc1)c1ccccc1. The summed E-state index contributed by atoms with van der Waals surface area (Å²) in [4.78, 5) is 23.4. The summed E-state index contributed by atoms with van der Waals surface area (Å²) in [5, 5.41) is 2.77. The van der Waals surface area contributed by atoms with Crippen molar-refractivity contribution in [2.75, 3.05) is 13.2 Å². The van der Waals surface area contributed by atoms with Crippen molar-refractivity contribution >= 4 is 27.8 Å². The fourth-order valence-corrected chi connectivity index (χ4v) is 2.23. The van der Waals surface area contributed by atoms with Gasteiger partial charge in [0.05, 0.1) is 6.04 Å². The van der Waals surface area contributed by atoms with Crippen LogP contribution < -0.4 is 10.1 Å². The zero-order valence-corrected chi connectivity index (χ0v) is 14.8. The Morgan fingerprint density at radius 1 is 1.04 bits per heavy atom. The molecule has 6 heteroatoms. The van der Waals surface area contributed by atoms with Crippen LogP contribution >= 0.6 is 15.9 Å². The van der Waals surface area contributed by atoms with E-state index in [9.17, 15) is 9.59 Å². The lowest BCUT2D eigenvalue weighted by atomic mass is 10.1. The highest BCUT2D eigenvalue weighted by Crippen LogP contribution is 2.16. The number of rotatable bonds is 7. The van der Waals surface area contributed by atoms with Crippen LogP contribution in [0.15, 0.2) is 59.1 Å². The number of nitrogens with one attached hydrogen (secondary N) is 1. The lowest BCUT2D eigenvalue weighted by Gasteiger charge is -2.14. The number of carbonyl (C=O) groups excluding carboxylic acids is 2. The van der Waals surface area contributed by atoms with E-state index in [1.807, 2.05) is 37.3 Å². The van der Waals surface area contributed by atoms with E-state index in [1.165, 1.54) is 0 Å². The summed E-state index contributed by atoms with van der Waals surface area (Å²) in [5.74, 6) is -0.402. The topological polar surface area (TPSA) is 64.6 Å². The van der Waals surface area contributed by atoms with Crippen LogP contribution in [0.1, 0.15) is 18.5 Å². The van der Waals surface area contributed by atoms with Gasteiger partial charge in [-0.2, -0.15) is 0 Å². The number of esters is 1. The first-order valence-corrected chi connectivity index (χ1v) is 8.22. The highest BCUT2D eigenvalue weighted by atomic mass is 79.9. The second-order valence-electron chi connectivity index (χ2n) is 5.10. The number of carbonyl (C=O) groups is 2. The summed E-state index contributed by atoms with van der Waals surface area (Å²) in [5.41, 5.74) is 0.982. The van der Waals surface area contributed by atoms with Crippen molar-refractivity contribution in [2.45, 2.75) is 13.0 Å². The Balaban J connectivity index is 1.69. The van der Waals surface area contributed by atoms with Gasteiger partial charge in [-0.05, 0) is 36.8 Å². The van der Waals surface area contributed by atoms with Gasteiger partial charge in [-0.25, -0.2) is 4.79 Å². The summed E-state index contributed by atoms with van der Waals surface area (Å²) < 4.78 is 11.1. The summed E-state index contributed by atoms with van der Waals surface area (Å²) in [6.45, 7) is 1.29. The van der Waals surface area contributed by atoms with Crippen molar-refractivity contribution in [1.82, 2.24) is 5.32 Å². The van der Waals surface area contributed by atoms with Crippen molar-refractivity contribution in [3.8, 4) is 5.75 Å². The Labute approximate surface area is 149 Å². The van der Waals surface area contributed by atoms with Crippen LogP contribution in [0.25, 0.3) is 0 Å². The van der Waals surface area contributed by atoms with Crippen LogP contribution in [0, 0.1) is 0 Å². The number of hydrogen-bond donors (Lipinski definition) is 1. The van der Waals surface area contributed by atoms with Gasteiger partial charge < -0.3 is 14.8 Å². The van der Waals surface area contributed by atoms with Gasteiger partial charge in [0.1, 0.15) is 5.75 Å². The maximum atomic E-state index is 11.8. The minimum Gasteiger partial charge on any atom is -0.482 e. The second kappa shape index (κ2) is 9.08. The molecular formula is C18H18BrNO4. The monoisotopic (exact) mass is 391 g/mol. The number of hydrogen-bond acceptors (Lipinski definition) is 4. The van der Waals surface area contributed by atoms with Crippen LogP contribution in [-0.4, -0.2) is 25.1 Å². The molecule has 0 saturated heterocycles. The standard InChI is InChI=1S/C18H18BrNO4/c1-13(14-5-3-2-4-6-14)20-17(21)11-24-18(22)12-23-16-9-7-15(19)8-10-16/h2-10,13H,11-12H2,1H3,(H,20,21)/t13-/m0/s1. The molecular weight excluding hydrogens is 374 g/mol. The highest BCUT2D eigenvalue weighted by Gasteiger charge is 2.12. The third-order valence-corrected chi connectivity index (χ3v) is 3.74. The summed E-state index contributed by atoms with van der Waals surface area (Å²) in [7, 11) is 0. The number of halogens is 1. The van der Waals surface area contributed by atoms with E-state index in [1.54, 1.807) is 24.3 Å². The van der Waals surface area contributed by atoms with Gasteiger partial charge in [-0.15, -0.1) is 0 Å². The minimum absolute atomic E-state index is 0.156. The Bertz CT molecular complexity index is 673. The largest absolute Gasteiger partial charge is 0.482 e. The van der Waals surface area contributed by atoms with Crippen molar-refractivity contribution in [2.24, 2.45) is 0 Å². The number of benzene rings is 2. The minimum atomic E-state index is -0.597. The fourth-order valence-electron chi connectivity index (χ4n) is 1.97. The zero-order valence-electron chi connectivity index (χ0n) is 13.2. The molecule has 0 fully saturated rings. The van der Waals surface area contributed by atoms with E-state index in [0.29, 0.717) is 5.75 Å². The Hall–Kier alpha value is -2.34. The lowest BCUT2D eigenvalue weighted by molar-refractivity contribution is -0.150. The maximum absolute atomic E-state index is 11.8. The van der Waals surface area contributed by atoms with Gasteiger partial charge in [0.2, 0.25) is 0 Å². The average Bonchev–Trinajstić information content (AvgIpc) is 2.60. The average molecular weight is 392 g/mol. The van der Waals surface area contributed by atoms with Crippen LogP contribution in [0.3, 0.4) is 0 Å². The van der Waals surface area contributed by atoms with E-state index in [0.717, 1.165) is 10.0 Å². The number of amides is 1. The van der Waals surface area contributed by atoms with E-state index < -0.39 is 5.97 Å². The maximum Gasteiger partial charge on any atom is 0.344 e. The molecule has 0 heterocycles. The molecule has 0 aliphatic carbocycles. The second-order valence-corrected chi connectivity index (χ2v) is 6.02. The van der Waals surface area contributed by atoms with Crippen molar-refractivity contribution in [3.63, 3.8) is 0 Å². The van der Waals surface area contributed by atoms with Crippen LogP contribution in [0.4, 0.5) is 0 Å². The van der Waals surface area contributed by atoms with Gasteiger partial charge in [0.25, 0.3) is 5.91 Å². The van der Waals surface area contributed by atoms with Crippen molar-refractivity contribution < 1.29 is 19.1 Å². The molecule has 0 unspecified atom stereocenters. The lowest BCUT2D eigenvalue weighted by Crippen LogP contribution is -2.31. The van der Waals surface area contributed by atoms with Crippen LogP contribution in [0.2, 0.25) is 0 Å². The smallest absolute Gasteiger partial charge is 0.344 e. The molecule has 1 atom stereocenters. The molecule has 126 valence electrons. The molecule has 0 spiro atoms. The Kier molecular flexibility index (Phi) is 6.81. The quantitative estimate of drug-likeness (QED) is 0.735. The third-order valence-electron chi connectivity index (χ3n) is 3.21. The van der Waals surface area contributed by atoms with Crippen LogP contribution in [0.5, 0.6) is 5.75 Å². The summed E-state index contributed by atoms with van der Waals surface area (Å²) in [6, 6.07) is 16.5. The molecule has 1 N–H and O–H groups in total. The molecule has 0 aliphatic heterocycles. The van der Waals surface area contributed by atoms with Crippen molar-refractivity contribution in [1.29, 1.82) is 0 Å².